The van der Waals surface area contributed by atoms with Crippen molar-refractivity contribution in [3.8, 4) is 0 Å². The summed E-state index contributed by atoms with van der Waals surface area (Å²) in [4.78, 5) is 13.8. The Balaban J connectivity index is 0.00000324. The lowest BCUT2D eigenvalue weighted by molar-refractivity contribution is -0.134. The second-order valence-corrected chi connectivity index (χ2v) is 6.99. The van der Waals surface area contributed by atoms with Crippen LogP contribution in [0, 0.1) is 0 Å². The maximum absolute atomic E-state index is 12.1. The average molecular weight is 314 g/mol. The van der Waals surface area contributed by atoms with Gasteiger partial charge in [-0.15, -0.1) is 12.4 Å². The molecular weight excluding hydrogens is 290 g/mol. The van der Waals surface area contributed by atoms with Crippen LogP contribution in [0.1, 0.15) is 26.2 Å². The Morgan fingerprint density at radius 2 is 2.05 bits per heavy atom. The maximum Gasteiger partial charge on any atom is 0.238 e. The van der Waals surface area contributed by atoms with Crippen LogP contribution >= 0.6 is 12.4 Å². The number of piperidine rings is 1. The van der Waals surface area contributed by atoms with Gasteiger partial charge in [0.1, 0.15) is 0 Å². The van der Waals surface area contributed by atoms with Gasteiger partial charge < -0.3 is 10.6 Å². The van der Waals surface area contributed by atoms with E-state index in [9.17, 15) is 13.2 Å². The highest BCUT2D eigenvalue weighted by Gasteiger charge is 2.28. The fourth-order valence-corrected chi connectivity index (χ4v) is 2.92. The summed E-state index contributed by atoms with van der Waals surface area (Å²) in [6.45, 7) is 2.60. The minimum atomic E-state index is -3.30. The summed E-state index contributed by atoms with van der Waals surface area (Å²) in [5.41, 5.74) is 5.65. The Hall–Kier alpha value is -0.370. The van der Waals surface area contributed by atoms with Gasteiger partial charge in [0.2, 0.25) is 15.9 Å². The van der Waals surface area contributed by atoms with E-state index < -0.39 is 10.0 Å². The minimum absolute atomic E-state index is 0. The van der Waals surface area contributed by atoms with E-state index in [0.29, 0.717) is 13.1 Å². The Kier molecular flexibility index (Phi) is 7.88. The number of likely N-dealkylation sites (N-methyl/N-ethyl adjacent to an activating group) is 1. The first kappa shape index (κ1) is 18.6. The zero-order valence-electron chi connectivity index (χ0n) is 11.5. The second-order valence-electron chi connectivity index (χ2n) is 4.63. The van der Waals surface area contributed by atoms with Crippen molar-refractivity contribution in [2.75, 3.05) is 32.4 Å². The van der Waals surface area contributed by atoms with Gasteiger partial charge in [0.15, 0.2) is 0 Å². The number of halogens is 1. The van der Waals surface area contributed by atoms with Crippen LogP contribution in [-0.4, -0.2) is 62.0 Å². The van der Waals surface area contributed by atoms with Gasteiger partial charge in [-0.25, -0.2) is 8.42 Å². The molecule has 114 valence electrons. The first-order chi connectivity index (χ1) is 8.42. The molecule has 0 aliphatic carbocycles. The molecule has 0 aromatic heterocycles. The summed E-state index contributed by atoms with van der Waals surface area (Å²) in [5.74, 6) is -0.137. The molecule has 0 aromatic rings. The molecule has 0 radical (unpaired) electrons. The van der Waals surface area contributed by atoms with E-state index >= 15 is 0 Å². The van der Waals surface area contributed by atoms with E-state index in [2.05, 4.69) is 0 Å². The zero-order chi connectivity index (χ0) is 13.8. The predicted octanol–water partition coefficient (Wildman–Crippen LogP) is 0.0295. The fourth-order valence-electron chi connectivity index (χ4n) is 2.17. The van der Waals surface area contributed by atoms with Crippen molar-refractivity contribution < 1.29 is 13.2 Å². The first-order valence-corrected chi connectivity index (χ1v) is 7.96. The van der Waals surface area contributed by atoms with E-state index in [4.69, 9.17) is 5.73 Å². The Bertz CT molecular complexity index is 389. The molecule has 1 saturated heterocycles. The number of carbonyl (C=O) groups excluding carboxylic acids is 1. The molecule has 0 aromatic carbocycles. The third-order valence-corrected chi connectivity index (χ3v) is 5.23. The molecule has 1 unspecified atom stereocenters. The monoisotopic (exact) mass is 313 g/mol. The maximum atomic E-state index is 12.1. The van der Waals surface area contributed by atoms with Crippen LogP contribution in [0.3, 0.4) is 0 Å². The number of hydrogen-bond donors (Lipinski definition) is 1. The Labute approximate surface area is 121 Å². The molecule has 1 aliphatic rings. The molecule has 1 aliphatic heterocycles. The highest BCUT2D eigenvalue weighted by molar-refractivity contribution is 7.89. The number of rotatable bonds is 5. The molecule has 0 saturated carbocycles. The van der Waals surface area contributed by atoms with Crippen molar-refractivity contribution >= 4 is 28.3 Å². The van der Waals surface area contributed by atoms with Gasteiger partial charge in [-0.3, -0.25) is 4.79 Å². The van der Waals surface area contributed by atoms with Crippen molar-refractivity contribution in [1.29, 1.82) is 0 Å². The van der Waals surface area contributed by atoms with Gasteiger partial charge in [0, 0.05) is 26.2 Å². The number of sulfonamides is 1. The number of hydrogen-bond acceptors (Lipinski definition) is 4. The lowest BCUT2D eigenvalue weighted by atomic mass is 10.0. The molecule has 0 spiro atoms. The molecule has 19 heavy (non-hydrogen) atoms. The van der Waals surface area contributed by atoms with Crippen LogP contribution in [0.4, 0.5) is 0 Å². The van der Waals surface area contributed by atoms with E-state index in [-0.39, 0.29) is 36.7 Å². The van der Waals surface area contributed by atoms with Gasteiger partial charge in [0.05, 0.1) is 12.3 Å². The first-order valence-electron chi connectivity index (χ1n) is 6.36. The third kappa shape index (κ3) is 4.91. The van der Waals surface area contributed by atoms with E-state index in [1.54, 1.807) is 11.8 Å². The van der Waals surface area contributed by atoms with Gasteiger partial charge in [-0.2, -0.15) is 4.31 Å². The van der Waals surface area contributed by atoms with Crippen molar-refractivity contribution in [2.45, 2.75) is 32.2 Å². The Morgan fingerprint density at radius 3 is 2.58 bits per heavy atom. The minimum Gasteiger partial charge on any atom is -0.337 e. The summed E-state index contributed by atoms with van der Waals surface area (Å²) in [6.07, 6.45) is 2.95. The molecule has 1 fully saturated rings. The van der Waals surface area contributed by atoms with Crippen LogP contribution in [0.5, 0.6) is 0 Å². The van der Waals surface area contributed by atoms with Crippen molar-refractivity contribution in [3.63, 3.8) is 0 Å². The number of carbonyl (C=O) groups is 1. The molecule has 1 rings (SSSR count). The molecule has 1 heterocycles. The lowest BCUT2D eigenvalue weighted by Gasteiger charge is -2.35. The highest BCUT2D eigenvalue weighted by Crippen LogP contribution is 2.16. The summed E-state index contributed by atoms with van der Waals surface area (Å²) in [7, 11) is -1.86. The second kappa shape index (κ2) is 8.04. The number of nitrogens with zero attached hydrogens (tertiary/aromatic N) is 2. The van der Waals surface area contributed by atoms with Crippen LogP contribution in [0.2, 0.25) is 0 Å². The normalized spacial score (nSPS) is 20.2. The molecule has 8 heteroatoms. The highest BCUT2D eigenvalue weighted by atomic mass is 35.5. The lowest BCUT2D eigenvalue weighted by Crippen LogP contribution is -2.51. The quantitative estimate of drug-likeness (QED) is 0.776. The van der Waals surface area contributed by atoms with E-state index in [1.807, 2.05) is 0 Å². The Morgan fingerprint density at radius 1 is 1.42 bits per heavy atom. The zero-order valence-corrected chi connectivity index (χ0v) is 13.2. The molecule has 6 nitrogen and oxygen atoms in total. The molecule has 2 N–H and O–H groups in total. The van der Waals surface area contributed by atoms with Crippen molar-refractivity contribution in [3.05, 3.63) is 0 Å². The van der Waals surface area contributed by atoms with E-state index in [1.165, 1.54) is 7.05 Å². The van der Waals surface area contributed by atoms with Crippen molar-refractivity contribution in [2.24, 2.45) is 5.73 Å². The van der Waals surface area contributed by atoms with E-state index in [0.717, 1.165) is 23.6 Å². The molecule has 1 atom stereocenters. The largest absolute Gasteiger partial charge is 0.337 e. The molecule has 1 amide bonds. The summed E-state index contributed by atoms with van der Waals surface area (Å²) in [6, 6.07) is 0.0592. The smallest absolute Gasteiger partial charge is 0.238 e. The van der Waals surface area contributed by atoms with Gasteiger partial charge in [0.25, 0.3) is 0 Å². The van der Waals surface area contributed by atoms with Crippen molar-refractivity contribution in [1.82, 2.24) is 9.21 Å². The summed E-state index contributed by atoms with van der Waals surface area (Å²) in [5, 5.41) is 0. The number of nitrogens with two attached hydrogens (primary N) is 1. The van der Waals surface area contributed by atoms with Crippen LogP contribution in [0.25, 0.3) is 0 Å². The number of likely N-dealkylation sites (tertiary alicyclic amines) is 1. The summed E-state index contributed by atoms with van der Waals surface area (Å²) < 4.78 is 24.3. The molecular formula is C11H24ClN3O3S. The van der Waals surface area contributed by atoms with Gasteiger partial charge >= 0.3 is 0 Å². The van der Waals surface area contributed by atoms with Gasteiger partial charge in [-0.1, -0.05) is 0 Å². The average Bonchev–Trinajstić information content (AvgIpc) is 2.38. The fraction of sp³-hybridized carbons (Fsp3) is 0.909. The SMILES string of the molecule is CCS(=O)(=O)N(C)CC(=O)N1CCCCC1CN.Cl. The predicted molar refractivity (Wildman–Crippen MR) is 77.7 cm³/mol. The standard InChI is InChI=1S/C11H23N3O3S.ClH/c1-3-18(16,17)13(2)9-11(15)14-7-5-4-6-10(14)8-12;/h10H,3-9,12H2,1-2H3;1H. The molecule has 0 bridgehead atoms. The van der Waals surface area contributed by atoms with Crippen LogP contribution in [0.15, 0.2) is 0 Å². The topological polar surface area (TPSA) is 83.7 Å². The summed E-state index contributed by atoms with van der Waals surface area (Å²) >= 11 is 0. The number of amides is 1. The van der Waals surface area contributed by atoms with Crippen LogP contribution < -0.4 is 5.73 Å². The van der Waals surface area contributed by atoms with Gasteiger partial charge in [-0.05, 0) is 26.2 Å². The van der Waals surface area contributed by atoms with Crippen LogP contribution in [-0.2, 0) is 14.8 Å². The third-order valence-electron chi connectivity index (χ3n) is 3.42.